The first-order valence-electron chi connectivity index (χ1n) is 6.57. The van der Waals surface area contributed by atoms with E-state index in [1.807, 2.05) is 20.0 Å². The van der Waals surface area contributed by atoms with Crippen LogP contribution in [0.15, 0.2) is 29.4 Å². The number of aromatic nitrogens is 3. The molecule has 0 atom stereocenters. The van der Waals surface area contributed by atoms with Crippen LogP contribution in [0.4, 0.5) is 0 Å². The van der Waals surface area contributed by atoms with Crippen LogP contribution in [0.3, 0.4) is 0 Å². The third-order valence-corrected chi connectivity index (χ3v) is 5.18. The average Bonchev–Trinajstić information content (AvgIpc) is 3.09. The van der Waals surface area contributed by atoms with Crippen LogP contribution in [0.2, 0.25) is 10.0 Å². The highest BCUT2D eigenvalue weighted by Crippen LogP contribution is 2.31. The number of carbonyl (C=O) groups is 1. The molecule has 8 heteroatoms. The smallest absolute Gasteiger partial charge is 0.297 e. The minimum atomic E-state index is -0.330. The van der Waals surface area contributed by atoms with Crippen LogP contribution in [0.5, 0.6) is 0 Å². The third kappa shape index (κ3) is 2.47. The summed E-state index contributed by atoms with van der Waals surface area (Å²) in [6.07, 6.45) is 1.59. The van der Waals surface area contributed by atoms with Gasteiger partial charge in [-0.1, -0.05) is 34.5 Å². The van der Waals surface area contributed by atoms with Gasteiger partial charge in [-0.3, -0.25) is 9.48 Å². The lowest BCUT2D eigenvalue weighted by Crippen LogP contribution is -2.15. The summed E-state index contributed by atoms with van der Waals surface area (Å²) in [5.74, 6) is -0.330. The molecule has 5 nitrogen and oxygen atoms in total. The van der Waals surface area contributed by atoms with Gasteiger partial charge in [0.1, 0.15) is 5.69 Å². The number of aryl methyl sites for hydroxylation is 2. The normalized spacial score (nSPS) is 12.3. The minimum Gasteiger partial charge on any atom is -0.318 e. The van der Waals surface area contributed by atoms with Crippen LogP contribution >= 0.6 is 34.5 Å². The van der Waals surface area contributed by atoms with Gasteiger partial charge in [-0.2, -0.15) is 10.1 Å². The van der Waals surface area contributed by atoms with E-state index in [9.17, 15) is 4.79 Å². The van der Waals surface area contributed by atoms with Gasteiger partial charge in [0, 0.05) is 19.8 Å². The molecule has 0 N–H and O–H groups in total. The van der Waals surface area contributed by atoms with Crippen LogP contribution in [0.25, 0.3) is 10.2 Å². The van der Waals surface area contributed by atoms with Gasteiger partial charge in [0.2, 0.25) is 0 Å². The fourth-order valence-electron chi connectivity index (χ4n) is 2.19. The first kappa shape index (κ1) is 15.3. The molecule has 0 aliphatic heterocycles. The summed E-state index contributed by atoms with van der Waals surface area (Å²) in [6, 6.07) is 5.26. The summed E-state index contributed by atoms with van der Waals surface area (Å²) in [5.41, 5.74) is 1.24. The molecule has 0 radical (unpaired) electrons. The molecule has 22 heavy (non-hydrogen) atoms. The molecule has 0 aliphatic rings. The summed E-state index contributed by atoms with van der Waals surface area (Å²) in [7, 11) is 1.81. The molecule has 3 aromatic rings. The van der Waals surface area contributed by atoms with Gasteiger partial charge >= 0.3 is 0 Å². The number of fused-ring (bicyclic) bond motifs is 1. The largest absolute Gasteiger partial charge is 0.318 e. The molecule has 114 valence electrons. The number of thiazole rings is 1. The Morgan fingerprint density at radius 2 is 2.14 bits per heavy atom. The van der Waals surface area contributed by atoms with Crippen molar-refractivity contribution in [3.8, 4) is 0 Å². The second-order valence-electron chi connectivity index (χ2n) is 4.60. The summed E-state index contributed by atoms with van der Waals surface area (Å²) >= 11 is 13.7. The second kappa shape index (κ2) is 5.87. The lowest BCUT2D eigenvalue weighted by atomic mass is 10.3. The van der Waals surface area contributed by atoms with Gasteiger partial charge in [0.05, 0.1) is 20.3 Å². The Labute approximate surface area is 140 Å². The van der Waals surface area contributed by atoms with Crippen LogP contribution in [-0.2, 0) is 13.6 Å². The predicted octanol–water partition coefficient (Wildman–Crippen LogP) is 3.50. The van der Waals surface area contributed by atoms with Crippen molar-refractivity contribution in [1.82, 2.24) is 14.3 Å². The molecule has 0 spiro atoms. The Balaban J connectivity index is 2.16. The van der Waals surface area contributed by atoms with Crippen molar-refractivity contribution in [2.75, 3.05) is 0 Å². The number of rotatable bonds is 2. The maximum Gasteiger partial charge on any atom is 0.297 e. The number of benzene rings is 1. The summed E-state index contributed by atoms with van der Waals surface area (Å²) in [5, 5.41) is 5.02. The van der Waals surface area contributed by atoms with Crippen molar-refractivity contribution in [3.63, 3.8) is 0 Å². The van der Waals surface area contributed by atoms with Crippen molar-refractivity contribution in [3.05, 3.63) is 44.9 Å². The maximum atomic E-state index is 12.3. The third-order valence-electron chi connectivity index (χ3n) is 3.29. The zero-order valence-electron chi connectivity index (χ0n) is 11.9. The highest BCUT2D eigenvalue weighted by Gasteiger charge is 2.13. The van der Waals surface area contributed by atoms with E-state index in [1.54, 1.807) is 27.6 Å². The Bertz CT molecular complexity index is 938. The monoisotopic (exact) mass is 354 g/mol. The second-order valence-corrected chi connectivity index (χ2v) is 6.40. The molecule has 2 aromatic heterocycles. The van der Waals surface area contributed by atoms with Crippen molar-refractivity contribution in [1.29, 1.82) is 0 Å². The van der Waals surface area contributed by atoms with E-state index in [1.165, 1.54) is 11.3 Å². The maximum absolute atomic E-state index is 12.3. The van der Waals surface area contributed by atoms with Gasteiger partial charge < -0.3 is 4.57 Å². The van der Waals surface area contributed by atoms with E-state index in [2.05, 4.69) is 10.1 Å². The predicted molar refractivity (Wildman–Crippen MR) is 88.6 cm³/mol. The summed E-state index contributed by atoms with van der Waals surface area (Å²) in [6.45, 7) is 2.54. The molecule has 0 aliphatic carbocycles. The fraction of sp³-hybridized carbons (Fsp3) is 0.214. The van der Waals surface area contributed by atoms with Crippen LogP contribution in [-0.4, -0.2) is 20.3 Å². The zero-order chi connectivity index (χ0) is 15.9. The Kier molecular flexibility index (Phi) is 4.08. The van der Waals surface area contributed by atoms with E-state index in [0.717, 1.165) is 10.2 Å². The van der Waals surface area contributed by atoms with Crippen LogP contribution < -0.4 is 4.80 Å². The van der Waals surface area contributed by atoms with E-state index < -0.39 is 0 Å². The molecule has 0 bridgehead atoms. The van der Waals surface area contributed by atoms with Gasteiger partial charge in [-0.25, -0.2) is 0 Å². The first-order valence-corrected chi connectivity index (χ1v) is 8.14. The highest BCUT2D eigenvalue weighted by atomic mass is 35.5. The SMILES string of the molecule is CCn1nccc1C(=O)N=c1sc2ccc(Cl)c(Cl)c2n1C. The van der Waals surface area contributed by atoms with Crippen molar-refractivity contribution in [2.24, 2.45) is 12.0 Å². The number of hydrogen-bond acceptors (Lipinski definition) is 3. The first-order chi connectivity index (χ1) is 10.5. The molecule has 3 rings (SSSR count). The van der Waals surface area contributed by atoms with Crippen molar-refractivity contribution >= 4 is 50.7 Å². The van der Waals surface area contributed by atoms with Crippen molar-refractivity contribution < 1.29 is 4.79 Å². The Hall–Kier alpha value is -1.63. The molecule has 1 amide bonds. The number of nitrogens with zero attached hydrogens (tertiary/aromatic N) is 4. The number of hydrogen-bond donors (Lipinski definition) is 0. The summed E-state index contributed by atoms with van der Waals surface area (Å²) in [4.78, 5) is 17.1. The highest BCUT2D eigenvalue weighted by molar-refractivity contribution is 7.16. The van der Waals surface area contributed by atoms with Gasteiger partial charge in [-0.15, -0.1) is 0 Å². The number of halogens is 2. The van der Waals surface area contributed by atoms with E-state index in [-0.39, 0.29) is 5.91 Å². The lowest BCUT2D eigenvalue weighted by molar-refractivity contribution is 0.0988. The molecular weight excluding hydrogens is 343 g/mol. The molecule has 0 saturated carbocycles. The minimum absolute atomic E-state index is 0.330. The van der Waals surface area contributed by atoms with Gasteiger partial charge in [-0.05, 0) is 25.1 Å². The average molecular weight is 355 g/mol. The summed E-state index contributed by atoms with van der Waals surface area (Å²) < 4.78 is 4.31. The van der Waals surface area contributed by atoms with Crippen LogP contribution in [0.1, 0.15) is 17.4 Å². The van der Waals surface area contributed by atoms with Gasteiger partial charge in [0.25, 0.3) is 5.91 Å². The molecule has 1 aromatic carbocycles. The number of amides is 1. The Morgan fingerprint density at radius 3 is 2.86 bits per heavy atom. The topological polar surface area (TPSA) is 52.2 Å². The zero-order valence-corrected chi connectivity index (χ0v) is 14.2. The number of carbonyl (C=O) groups excluding carboxylic acids is 1. The Morgan fingerprint density at radius 1 is 1.36 bits per heavy atom. The van der Waals surface area contributed by atoms with E-state index in [4.69, 9.17) is 23.2 Å². The van der Waals surface area contributed by atoms with E-state index in [0.29, 0.717) is 27.1 Å². The van der Waals surface area contributed by atoms with E-state index >= 15 is 0 Å². The quantitative estimate of drug-likeness (QED) is 0.706. The molecule has 0 unspecified atom stereocenters. The lowest BCUT2D eigenvalue weighted by Gasteiger charge is -2.01. The fourth-order valence-corrected chi connectivity index (χ4v) is 3.71. The molecule has 2 heterocycles. The van der Waals surface area contributed by atoms with Gasteiger partial charge in [0.15, 0.2) is 4.80 Å². The van der Waals surface area contributed by atoms with Crippen molar-refractivity contribution in [2.45, 2.75) is 13.5 Å². The molecule has 0 fully saturated rings. The molecular formula is C14H12Cl2N4OS. The molecule has 0 saturated heterocycles. The van der Waals surface area contributed by atoms with Crippen LogP contribution in [0, 0.1) is 0 Å². The standard InChI is InChI=1S/C14H12Cl2N4OS/c1-3-20-9(6-7-17-20)13(21)18-14-19(2)12-10(22-14)5-4-8(15)11(12)16/h4-7H,3H2,1-2H3.